The molecule has 2 aromatic rings. The Balaban J connectivity index is 1.36. The average molecular weight is 371 g/mol. The largest absolute Gasteiger partial charge is 0.497 e. The van der Waals surface area contributed by atoms with Crippen molar-refractivity contribution in [1.29, 1.82) is 0 Å². The van der Waals surface area contributed by atoms with Crippen LogP contribution in [0.1, 0.15) is 47.7 Å². The fraction of sp³-hybridized carbons (Fsp3) is 0.500. The first-order chi connectivity index (χ1) is 13.2. The van der Waals surface area contributed by atoms with E-state index >= 15 is 0 Å². The van der Waals surface area contributed by atoms with Gasteiger partial charge in [-0.3, -0.25) is 4.79 Å². The molecule has 0 bridgehead atoms. The van der Waals surface area contributed by atoms with Gasteiger partial charge in [-0.15, -0.1) is 0 Å². The normalized spacial score (nSPS) is 17.6. The first-order valence-electron chi connectivity index (χ1n) is 9.41. The van der Waals surface area contributed by atoms with Gasteiger partial charge >= 0.3 is 0 Å². The Morgan fingerprint density at radius 1 is 1.11 bits per heavy atom. The van der Waals surface area contributed by atoms with Crippen molar-refractivity contribution in [3.63, 3.8) is 0 Å². The molecular formula is C20H25N3O4. The second-order valence-electron chi connectivity index (χ2n) is 7.19. The minimum absolute atomic E-state index is 0.0698. The average Bonchev–Trinajstić information content (AvgIpc) is 3.44. The molecule has 1 aliphatic carbocycles. The van der Waals surface area contributed by atoms with Crippen LogP contribution in [-0.4, -0.2) is 44.4 Å². The molecule has 144 valence electrons. The number of carbonyl (C=O) groups is 1. The van der Waals surface area contributed by atoms with Crippen LogP contribution in [0.5, 0.6) is 11.5 Å². The van der Waals surface area contributed by atoms with Gasteiger partial charge in [0.2, 0.25) is 0 Å². The van der Waals surface area contributed by atoms with Crippen LogP contribution in [0.3, 0.4) is 0 Å². The number of piperidine rings is 1. The lowest BCUT2D eigenvalue weighted by molar-refractivity contribution is 0.0929. The number of nitrogens with one attached hydrogen (secondary N) is 1. The molecule has 1 N–H and O–H groups in total. The Hall–Kier alpha value is -2.70. The standard InChI is InChI=1S/C20H25N3O4/c1-25-16-9-15(10-17(11-16)26-2)23-7-5-14(6-8-23)21-20(24)18-12-27-22-19(18)13-3-4-13/h9-14H,3-8H2,1-2H3,(H,21,24). The first-order valence-corrected chi connectivity index (χ1v) is 9.41. The van der Waals surface area contributed by atoms with Crippen molar-refractivity contribution in [1.82, 2.24) is 10.5 Å². The summed E-state index contributed by atoms with van der Waals surface area (Å²) in [5, 5.41) is 7.16. The fourth-order valence-electron chi connectivity index (χ4n) is 3.59. The van der Waals surface area contributed by atoms with E-state index in [4.69, 9.17) is 14.0 Å². The summed E-state index contributed by atoms with van der Waals surface area (Å²) < 4.78 is 15.8. The van der Waals surface area contributed by atoms with Crippen LogP contribution < -0.4 is 19.7 Å². The first kappa shape index (κ1) is 17.7. The van der Waals surface area contributed by atoms with E-state index in [1.54, 1.807) is 14.2 Å². The Kier molecular flexibility index (Phi) is 4.92. The van der Waals surface area contributed by atoms with Crippen LogP contribution in [-0.2, 0) is 0 Å². The second-order valence-corrected chi connectivity index (χ2v) is 7.19. The van der Waals surface area contributed by atoms with Gasteiger partial charge in [-0.25, -0.2) is 0 Å². The molecule has 0 radical (unpaired) electrons. The number of ether oxygens (including phenoxy) is 2. The van der Waals surface area contributed by atoms with Crippen LogP contribution in [0.2, 0.25) is 0 Å². The van der Waals surface area contributed by atoms with Crippen LogP contribution in [0.15, 0.2) is 29.0 Å². The summed E-state index contributed by atoms with van der Waals surface area (Å²) in [5.41, 5.74) is 2.48. The molecule has 2 heterocycles. The summed E-state index contributed by atoms with van der Waals surface area (Å²) in [4.78, 5) is 14.9. The summed E-state index contributed by atoms with van der Waals surface area (Å²) >= 11 is 0. The summed E-state index contributed by atoms with van der Waals surface area (Å²) in [7, 11) is 3.31. The fourth-order valence-corrected chi connectivity index (χ4v) is 3.59. The lowest BCUT2D eigenvalue weighted by Crippen LogP contribution is -2.44. The van der Waals surface area contributed by atoms with Gasteiger partial charge in [-0.2, -0.15) is 0 Å². The van der Waals surface area contributed by atoms with E-state index in [2.05, 4.69) is 15.4 Å². The molecule has 0 spiro atoms. The van der Waals surface area contributed by atoms with Crippen molar-refractivity contribution in [2.75, 3.05) is 32.2 Å². The smallest absolute Gasteiger partial charge is 0.256 e. The van der Waals surface area contributed by atoms with E-state index in [0.717, 1.165) is 61.7 Å². The minimum Gasteiger partial charge on any atom is -0.497 e. The van der Waals surface area contributed by atoms with E-state index < -0.39 is 0 Å². The van der Waals surface area contributed by atoms with Gasteiger partial charge in [0.25, 0.3) is 5.91 Å². The van der Waals surface area contributed by atoms with Gasteiger partial charge in [0.1, 0.15) is 23.3 Å². The van der Waals surface area contributed by atoms with E-state index in [9.17, 15) is 4.79 Å². The van der Waals surface area contributed by atoms with Gasteiger partial charge in [0, 0.05) is 48.9 Å². The van der Waals surface area contributed by atoms with Gasteiger partial charge in [0.15, 0.2) is 0 Å². The zero-order valence-corrected chi connectivity index (χ0v) is 15.7. The van der Waals surface area contributed by atoms with E-state index in [1.165, 1.54) is 6.26 Å². The zero-order chi connectivity index (χ0) is 18.8. The maximum absolute atomic E-state index is 12.6. The number of amides is 1. The molecule has 4 rings (SSSR count). The second kappa shape index (κ2) is 7.50. The highest BCUT2D eigenvalue weighted by Gasteiger charge is 2.32. The number of hydrogen-bond acceptors (Lipinski definition) is 6. The quantitative estimate of drug-likeness (QED) is 0.841. The van der Waals surface area contributed by atoms with Crippen molar-refractivity contribution < 1.29 is 18.8 Å². The molecule has 1 aromatic heterocycles. The van der Waals surface area contributed by atoms with E-state index in [1.807, 2.05) is 18.2 Å². The molecule has 0 unspecified atom stereocenters. The van der Waals surface area contributed by atoms with Gasteiger partial charge in [-0.05, 0) is 25.7 Å². The van der Waals surface area contributed by atoms with Crippen LogP contribution >= 0.6 is 0 Å². The number of methoxy groups -OCH3 is 2. The van der Waals surface area contributed by atoms with E-state index in [0.29, 0.717) is 11.5 Å². The number of benzene rings is 1. The monoisotopic (exact) mass is 371 g/mol. The lowest BCUT2D eigenvalue weighted by Gasteiger charge is -2.34. The Morgan fingerprint density at radius 2 is 1.78 bits per heavy atom. The molecule has 7 nitrogen and oxygen atoms in total. The Bertz CT molecular complexity index is 785. The van der Waals surface area contributed by atoms with Crippen LogP contribution in [0.4, 0.5) is 5.69 Å². The van der Waals surface area contributed by atoms with Crippen LogP contribution in [0, 0.1) is 0 Å². The molecule has 2 fully saturated rings. The van der Waals surface area contributed by atoms with Crippen molar-refractivity contribution >= 4 is 11.6 Å². The highest BCUT2D eigenvalue weighted by atomic mass is 16.5. The van der Waals surface area contributed by atoms with Gasteiger partial charge in [0.05, 0.1) is 19.9 Å². The molecule has 1 saturated carbocycles. The molecule has 1 amide bonds. The number of anilines is 1. The van der Waals surface area contributed by atoms with Crippen LogP contribution in [0.25, 0.3) is 0 Å². The summed E-state index contributed by atoms with van der Waals surface area (Å²) in [6, 6.07) is 6.05. The third-order valence-electron chi connectivity index (χ3n) is 5.34. The predicted molar refractivity (Wildman–Crippen MR) is 101 cm³/mol. The Labute approximate surface area is 158 Å². The van der Waals surface area contributed by atoms with Crippen molar-refractivity contribution in [3.8, 4) is 11.5 Å². The molecule has 2 aliphatic rings. The topological polar surface area (TPSA) is 76.8 Å². The summed E-state index contributed by atoms with van der Waals surface area (Å²) in [5.74, 6) is 1.88. The zero-order valence-electron chi connectivity index (χ0n) is 15.7. The van der Waals surface area contributed by atoms with Crippen molar-refractivity contribution in [3.05, 3.63) is 35.7 Å². The number of aromatic nitrogens is 1. The maximum atomic E-state index is 12.6. The highest BCUT2D eigenvalue weighted by molar-refractivity contribution is 5.95. The van der Waals surface area contributed by atoms with Gasteiger partial charge < -0.3 is 24.2 Å². The SMILES string of the molecule is COc1cc(OC)cc(N2CCC(NC(=O)c3conc3C3CC3)CC2)c1. The Morgan fingerprint density at radius 3 is 2.37 bits per heavy atom. The van der Waals surface area contributed by atoms with Crippen molar-refractivity contribution in [2.24, 2.45) is 0 Å². The van der Waals surface area contributed by atoms with Gasteiger partial charge in [-0.1, -0.05) is 5.16 Å². The third kappa shape index (κ3) is 3.86. The molecule has 0 atom stereocenters. The number of rotatable bonds is 6. The summed E-state index contributed by atoms with van der Waals surface area (Å²) in [6.45, 7) is 1.72. The highest BCUT2D eigenvalue weighted by Crippen LogP contribution is 2.40. The third-order valence-corrected chi connectivity index (χ3v) is 5.34. The van der Waals surface area contributed by atoms with Crippen molar-refractivity contribution in [2.45, 2.75) is 37.6 Å². The number of nitrogens with zero attached hydrogens (tertiary/aromatic N) is 2. The summed E-state index contributed by atoms with van der Waals surface area (Å²) in [6.07, 6.45) is 5.43. The molecule has 1 aliphatic heterocycles. The molecular weight excluding hydrogens is 346 g/mol. The molecule has 1 aromatic carbocycles. The maximum Gasteiger partial charge on any atom is 0.256 e. The predicted octanol–water partition coefficient (Wildman–Crippen LogP) is 2.97. The van der Waals surface area contributed by atoms with E-state index in [-0.39, 0.29) is 11.9 Å². The molecule has 1 saturated heterocycles. The number of carbonyl (C=O) groups excluding carboxylic acids is 1. The molecule has 27 heavy (non-hydrogen) atoms. The minimum atomic E-state index is -0.0698. The molecule has 7 heteroatoms. The number of hydrogen-bond donors (Lipinski definition) is 1. The lowest BCUT2D eigenvalue weighted by atomic mass is 10.0.